The van der Waals surface area contributed by atoms with E-state index in [4.69, 9.17) is 5.11 Å². The maximum Gasteiger partial charge on any atom is 0.308 e. The summed E-state index contributed by atoms with van der Waals surface area (Å²) in [5, 5.41) is 8.26. The quantitative estimate of drug-likeness (QED) is 0.613. The van der Waals surface area contributed by atoms with Crippen molar-refractivity contribution >= 4 is 11.9 Å². The van der Waals surface area contributed by atoms with Crippen LogP contribution < -0.4 is 0 Å². The van der Waals surface area contributed by atoms with Crippen molar-refractivity contribution in [3.8, 4) is 0 Å². The second-order valence-electron chi connectivity index (χ2n) is 2.36. The molecule has 1 atom stereocenters. The van der Waals surface area contributed by atoms with Crippen LogP contribution in [0, 0.1) is 5.92 Å². The molecule has 0 amide bonds. The summed E-state index contributed by atoms with van der Waals surface area (Å²) in [6, 6.07) is 0. The smallest absolute Gasteiger partial charge is 0.308 e. The molecule has 4 nitrogen and oxygen atoms in total. The molecule has 0 aliphatic rings. The van der Waals surface area contributed by atoms with E-state index in [-0.39, 0.29) is 18.3 Å². The predicted octanol–water partition coefficient (Wildman–Crippen LogP) is 0.660. The van der Waals surface area contributed by atoms with E-state index in [1.54, 1.807) is 6.92 Å². The Balaban J connectivity index is 3.60. The van der Waals surface area contributed by atoms with Crippen molar-refractivity contribution < 1.29 is 19.4 Å². The molecular weight excluding hydrogens is 148 g/mol. The molecule has 0 fully saturated rings. The van der Waals surface area contributed by atoms with Crippen LogP contribution in [-0.4, -0.2) is 24.2 Å². The first-order valence-electron chi connectivity index (χ1n) is 3.37. The SMILES string of the molecule is COC(=O)[C@H](C)CCC(=O)O. The number of hydrogen-bond acceptors (Lipinski definition) is 3. The second kappa shape index (κ2) is 4.71. The molecule has 0 aromatic rings. The third kappa shape index (κ3) is 4.36. The Morgan fingerprint density at radius 3 is 2.45 bits per heavy atom. The van der Waals surface area contributed by atoms with E-state index < -0.39 is 5.97 Å². The first-order valence-corrected chi connectivity index (χ1v) is 3.37. The largest absolute Gasteiger partial charge is 0.481 e. The zero-order valence-corrected chi connectivity index (χ0v) is 6.66. The van der Waals surface area contributed by atoms with Crippen molar-refractivity contribution in [2.24, 2.45) is 5.92 Å². The minimum atomic E-state index is -0.888. The molecule has 0 heterocycles. The number of aliphatic carboxylic acids is 1. The summed E-state index contributed by atoms with van der Waals surface area (Å²) in [6.45, 7) is 1.65. The average Bonchev–Trinajstić information content (AvgIpc) is 1.98. The van der Waals surface area contributed by atoms with Gasteiger partial charge in [-0.2, -0.15) is 0 Å². The molecule has 64 valence electrons. The van der Waals surface area contributed by atoms with E-state index in [0.29, 0.717) is 6.42 Å². The molecule has 0 rings (SSSR count). The molecule has 0 saturated carbocycles. The number of methoxy groups -OCH3 is 1. The maximum absolute atomic E-state index is 10.7. The summed E-state index contributed by atoms with van der Waals surface area (Å²) in [5.74, 6) is -1.57. The van der Waals surface area contributed by atoms with E-state index in [0.717, 1.165) is 0 Å². The summed E-state index contributed by atoms with van der Waals surface area (Å²) < 4.78 is 4.41. The van der Waals surface area contributed by atoms with Crippen molar-refractivity contribution in [1.82, 2.24) is 0 Å². The molecule has 0 aromatic heterocycles. The van der Waals surface area contributed by atoms with Crippen LogP contribution in [0.5, 0.6) is 0 Å². The van der Waals surface area contributed by atoms with Gasteiger partial charge in [-0.15, -0.1) is 0 Å². The Hall–Kier alpha value is -1.06. The van der Waals surface area contributed by atoms with Crippen molar-refractivity contribution in [3.05, 3.63) is 0 Å². The van der Waals surface area contributed by atoms with Gasteiger partial charge < -0.3 is 9.84 Å². The first-order chi connectivity index (χ1) is 5.07. The Labute approximate surface area is 65.2 Å². The third-order valence-corrected chi connectivity index (χ3v) is 1.39. The van der Waals surface area contributed by atoms with Gasteiger partial charge in [-0.25, -0.2) is 0 Å². The van der Waals surface area contributed by atoms with Crippen LogP contribution in [0.3, 0.4) is 0 Å². The van der Waals surface area contributed by atoms with Gasteiger partial charge in [0.1, 0.15) is 0 Å². The van der Waals surface area contributed by atoms with Crippen LogP contribution in [0.1, 0.15) is 19.8 Å². The summed E-state index contributed by atoms with van der Waals surface area (Å²) in [4.78, 5) is 20.8. The highest BCUT2D eigenvalue weighted by molar-refractivity contribution is 5.73. The molecular formula is C7H12O4. The molecule has 0 aliphatic heterocycles. The second-order valence-corrected chi connectivity index (χ2v) is 2.36. The fraction of sp³-hybridized carbons (Fsp3) is 0.714. The molecule has 0 aliphatic carbocycles. The molecule has 0 radical (unpaired) electrons. The highest BCUT2D eigenvalue weighted by atomic mass is 16.5. The first kappa shape index (κ1) is 9.94. The Kier molecular flexibility index (Phi) is 4.26. The van der Waals surface area contributed by atoms with Crippen LogP contribution in [0.25, 0.3) is 0 Å². The average molecular weight is 160 g/mol. The van der Waals surface area contributed by atoms with Gasteiger partial charge in [0.25, 0.3) is 0 Å². The summed E-state index contributed by atoms with van der Waals surface area (Å²) in [6.07, 6.45) is 0.346. The van der Waals surface area contributed by atoms with E-state index in [2.05, 4.69) is 4.74 Å². The lowest BCUT2D eigenvalue weighted by Gasteiger charge is -2.05. The number of carboxylic acids is 1. The Morgan fingerprint density at radius 1 is 1.55 bits per heavy atom. The van der Waals surface area contributed by atoms with Crippen LogP contribution in [0.15, 0.2) is 0 Å². The number of carbonyl (C=O) groups excluding carboxylic acids is 1. The molecule has 0 saturated heterocycles. The van der Waals surface area contributed by atoms with Gasteiger partial charge in [0, 0.05) is 6.42 Å². The Bertz CT molecular complexity index is 153. The highest BCUT2D eigenvalue weighted by Crippen LogP contribution is 2.06. The van der Waals surface area contributed by atoms with Crippen molar-refractivity contribution in [2.45, 2.75) is 19.8 Å². The lowest BCUT2D eigenvalue weighted by atomic mass is 10.1. The monoisotopic (exact) mass is 160 g/mol. The standard InChI is InChI=1S/C7H12O4/c1-5(7(10)11-2)3-4-6(8)9/h5H,3-4H2,1-2H3,(H,8,9)/t5-/m1/s1. The van der Waals surface area contributed by atoms with Gasteiger partial charge in [0.2, 0.25) is 0 Å². The number of ether oxygens (including phenoxy) is 1. The molecule has 11 heavy (non-hydrogen) atoms. The van der Waals surface area contributed by atoms with E-state index in [1.165, 1.54) is 7.11 Å². The van der Waals surface area contributed by atoms with Gasteiger partial charge in [-0.3, -0.25) is 9.59 Å². The highest BCUT2D eigenvalue weighted by Gasteiger charge is 2.13. The minimum Gasteiger partial charge on any atom is -0.481 e. The lowest BCUT2D eigenvalue weighted by Crippen LogP contribution is -2.13. The minimum absolute atomic E-state index is 0.0102. The molecule has 0 spiro atoms. The topological polar surface area (TPSA) is 63.6 Å². The fourth-order valence-corrected chi connectivity index (χ4v) is 0.659. The van der Waals surface area contributed by atoms with E-state index in [9.17, 15) is 9.59 Å². The summed E-state index contributed by atoms with van der Waals surface area (Å²) >= 11 is 0. The fourth-order valence-electron chi connectivity index (χ4n) is 0.659. The van der Waals surface area contributed by atoms with Crippen LogP contribution in [0.4, 0.5) is 0 Å². The van der Waals surface area contributed by atoms with Crippen molar-refractivity contribution in [2.75, 3.05) is 7.11 Å². The van der Waals surface area contributed by atoms with Crippen LogP contribution in [-0.2, 0) is 14.3 Å². The van der Waals surface area contributed by atoms with E-state index >= 15 is 0 Å². The number of rotatable bonds is 4. The van der Waals surface area contributed by atoms with Crippen LogP contribution >= 0.6 is 0 Å². The zero-order valence-electron chi connectivity index (χ0n) is 6.66. The summed E-state index contributed by atoms with van der Waals surface area (Å²) in [7, 11) is 1.29. The summed E-state index contributed by atoms with van der Waals surface area (Å²) in [5.41, 5.74) is 0. The molecule has 0 aromatic carbocycles. The van der Waals surface area contributed by atoms with Crippen molar-refractivity contribution in [1.29, 1.82) is 0 Å². The Morgan fingerprint density at radius 2 is 2.09 bits per heavy atom. The van der Waals surface area contributed by atoms with E-state index in [1.807, 2.05) is 0 Å². The lowest BCUT2D eigenvalue weighted by molar-refractivity contribution is -0.145. The number of esters is 1. The van der Waals surface area contributed by atoms with Crippen molar-refractivity contribution in [3.63, 3.8) is 0 Å². The molecule has 0 bridgehead atoms. The molecule has 0 unspecified atom stereocenters. The van der Waals surface area contributed by atoms with Gasteiger partial charge in [-0.05, 0) is 6.42 Å². The van der Waals surface area contributed by atoms with Gasteiger partial charge in [0.05, 0.1) is 13.0 Å². The molecule has 1 N–H and O–H groups in total. The van der Waals surface area contributed by atoms with Gasteiger partial charge >= 0.3 is 11.9 Å². The number of hydrogen-bond donors (Lipinski definition) is 1. The normalized spacial score (nSPS) is 12.2. The van der Waals surface area contributed by atoms with Crippen LogP contribution in [0.2, 0.25) is 0 Å². The number of carboxylic acid groups (broad SMARTS) is 1. The number of carbonyl (C=O) groups is 2. The third-order valence-electron chi connectivity index (χ3n) is 1.39. The van der Waals surface area contributed by atoms with Gasteiger partial charge in [0.15, 0.2) is 0 Å². The van der Waals surface area contributed by atoms with Gasteiger partial charge in [-0.1, -0.05) is 6.92 Å². The molecule has 4 heteroatoms. The zero-order chi connectivity index (χ0) is 8.85. The predicted molar refractivity (Wildman–Crippen MR) is 38.0 cm³/mol. The maximum atomic E-state index is 10.7.